The second-order valence-corrected chi connectivity index (χ2v) is 7.08. The fraction of sp³-hybridized carbons (Fsp3) is 0.611. The largest absolute Gasteiger partial charge is 0.416 e. The van der Waals surface area contributed by atoms with Crippen LogP contribution in [-0.4, -0.2) is 18.5 Å². The van der Waals surface area contributed by atoms with Gasteiger partial charge in [0.05, 0.1) is 11.1 Å². The lowest BCUT2D eigenvalue weighted by molar-refractivity contribution is -0.137. The number of hydrogen-bond donors (Lipinski definition) is 2. The number of carbonyl (C=O) groups is 1. The van der Waals surface area contributed by atoms with Crippen molar-refractivity contribution >= 4 is 5.91 Å². The molecule has 2 N–H and O–H groups in total. The molecule has 2 fully saturated rings. The normalized spacial score (nSPS) is 26.5. The van der Waals surface area contributed by atoms with E-state index in [-0.39, 0.29) is 11.8 Å². The van der Waals surface area contributed by atoms with Crippen LogP contribution in [0.1, 0.15) is 50.2 Å². The summed E-state index contributed by atoms with van der Waals surface area (Å²) < 4.78 is 38.9. The van der Waals surface area contributed by atoms with Gasteiger partial charge in [-0.15, -0.1) is 0 Å². The molecule has 3 nitrogen and oxygen atoms in total. The van der Waals surface area contributed by atoms with E-state index in [1.165, 1.54) is 12.1 Å². The van der Waals surface area contributed by atoms with Gasteiger partial charge >= 0.3 is 6.18 Å². The van der Waals surface area contributed by atoms with Crippen LogP contribution in [0.25, 0.3) is 0 Å². The second kappa shape index (κ2) is 6.39. The van der Waals surface area contributed by atoms with E-state index < -0.39 is 17.3 Å². The minimum absolute atomic E-state index is 0.0274. The highest BCUT2D eigenvalue weighted by molar-refractivity contribution is 5.80. The zero-order valence-electron chi connectivity index (χ0n) is 13.7. The first-order chi connectivity index (χ1) is 11.3. The minimum Gasteiger partial charge on any atom is -0.346 e. The van der Waals surface area contributed by atoms with E-state index in [0.29, 0.717) is 24.4 Å². The standard InChI is InChI=1S/C18H23F3N2O/c1-12-10-13(6-9-22-12)16(24)23-17(7-3-8-17)14-4-2-5-15(11-14)18(19,20)21/h2,4-5,11-13,22H,3,6-10H2,1H3,(H,23,24)/t12-,13-/m0/s1. The van der Waals surface area contributed by atoms with Gasteiger partial charge in [-0.1, -0.05) is 12.1 Å². The monoisotopic (exact) mass is 340 g/mol. The van der Waals surface area contributed by atoms with Crippen LogP contribution in [0, 0.1) is 5.92 Å². The van der Waals surface area contributed by atoms with Crippen LogP contribution in [0.2, 0.25) is 0 Å². The van der Waals surface area contributed by atoms with Crippen molar-refractivity contribution in [3.05, 3.63) is 35.4 Å². The fourth-order valence-electron chi connectivity index (χ4n) is 3.72. The molecule has 0 unspecified atom stereocenters. The van der Waals surface area contributed by atoms with Crippen molar-refractivity contribution in [3.63, 3.8) is 0 Å². The maximum atomic E-state index is 13.0. The van der Waals surface area contributed by atoms with Crippen LogP contribution >= 0.6 is 0 Å². The van der Waals surface area contributed by atoms with Gasteiger partial charge in [0.2, 0.25) is 5.91 Å². The molecule has 1 saturated heterocycles. The van der Waals surface area contributed by atoms with Crippen molar-refractivity contribution in [2.45, 2.75) is 56.8 Å². The molecular formula is C18H23F3N2O. The molecule has 3 rings (SSSR count). The van der Waals surface area contributed by atoms with E-state index in [4.69, 9.17) is 0 Å². The van der Waals surface area contributed by atoms with Crippen LogP contribution in [0.15, 0.2) is 24.3 Å². The van der Waals surface area contributed by atoms with Gasteiger partial charge in [0, 0.05) is 12.0 Å². The zero-order chi connectivity index (χ0) is 17.4. The second-order valence-electron chi connectivity index (χ2n) is 7.08. The van der Waals surface area contributed by atoms with E-state index in [2.05, 4.69) is 10.6 Å². The molecule has 0 aromatic heterocycles. The fourth-order valence-corrected chi connectivity index (χ4v) is 3.72. The molecule has 1 heterocycles. The number of nitrogens with one attached hydrogen (secondary N) is 2. The molecular weight excluding hydrogens is 317 g/mol. The van der Waals surface area contributed by atoms with Crippen molar-refractivity contribution in [1.82, 2.24) is 10.6 Å². The van der Waals surface area contributed by atoms with Gasteiger partial charge in [-0.25, -0.2) is 0 Å². The van der Waals surface area contributed by atoms with Gasteiger partial charge in [-0.2, -0.15) is 13.2 Å². The minimum atomic E-state index is -4.37. The predicted octanol–water partition coefficient (Wildman–Crippen LogP) is 3.59. The first-order valence-corrected chi connectivity index (χ1v) is 8.53. The van der Waals surface area contributed by atoms with Crippen molar-refractivity contribution in [3.8, 4) is 0 Å². The Hall–Kier alpha value is -1.56. The number of piperidine rings is 1. The number of benzene rings is 1. The molecule has 0 spiro atoms. The predicted molar refractivity (Wildman–Crippen MR) is 85.3 cm³/mol. The van der Waals surface area contributed by atoms with Gasteiger partial charge in [0.15, 0.2) is 0 Å². The summed E-state index contributed by atoms with van der Waals surface area (Å²) in [6.45, 7) is 2.85. The van der Waals surface area contributed by atoms with Crippen molar-refractivity contribution in [1.29, 1.82) is 0 Å². The Morgan fingerprint density at radius 3 is 2.67 bits per heavy atom. The number of amides is 1. The smallest absolute Gasteiger partial charge is 0.346 e. The lowest BCUT2D eigenvalue weighted by Crippen LogP contribution is -2.54. The van der Waals surface area contributed by atoms with Crippen LogP contribution in [0.4, 0.5) is 13.2 Å². The molecule has 1 aromatic rings. The van der Waals surface area contributed by atoms with Gasteiger partial charge < -0.3 is 10.6 Å². The quantitative estimate of drug-likeness (QED) is 0.883. The Morgan fingerprint density at radius 2 is 2.08 bits per heavy atom. The summed E-state index contributed by atoms with van der Waals surface area (Å²) in [5, 5.41) is 6.39. The first-order valence-electron chi connectivity index (χ1n) is 8.53. The highest BCUT2D eigenvalue weighted by Crippen LogP contribution is 2.43. The lowest BCUT2D eigenvalue weighted by Gasteiger charge is -2.44. The van der Waals surface area contributed by atoms with Crippen molar-refractivity contribution in [2.24, 2.45) is 5.92 Å². The summed E-state index contributed by atoms with van der Waals surface area (Å²) in [5.41, 5.74) is -0.721. The molecule has 6 heteroatoms. The zero-order valence-corrected chi connectivity index (χ0v) is 13.7. The van der Waals surface area contributed by atoms with Gasteiger partial charge in [0.1, 0.15) is 0 Å². The third-order valence-electron chi connectivity index (χ3n) is 5.31. The van der Waals surface area contributed by atoms with E-state index in [1.54, 1.807) is 6.07 Å². The number of alkyl halides is 3. The third kappa shape index (κ3) is 3.43. The molecule has 132 valence electrons. The molecule has 0 radical (unpaired) electrons. The number of hydrogen-bond acceptors (Lipinski definition) is 2. The number of halogens is 3. The highest BCUT2D eigenvalue weighted by atomic mass is 19.4. The Bertz CT molecular complexity index is 611. The molecule has 1 aliphatic carbocycles. The van der Waals surface area contributed by atoms with Crippen molar-refractivity contribution in [2.75, 3.05) is 6.54 Å². The molecule has 0 bridgehead atoms. The van der Waals surface area contributed by atoms with Crippen LogP contribution in [-0.2, 0) is 16.5 Å². The maximum Gasteiger partial charge on any atom is 0.416 e. The molecule has 2 aliphatic rings. The highest BCUT2D eigenvalue weighted by Gasteiger charge is 2.42. The number of carbonyl (C=O) groups excluding carboxylic acids is 1. The topological polar surface area (TPSA) is 41.1 Å². The summed E-state index contributed by atoms with van der Waals surface area (Å²) in [6.07, 6.45) is -0.519. The first kappa shape index (κ1) is 17.3. The summed E-state index contributed by atoms with van der Waals surface area (Å²) in [4.78, 5) is 12.6. The third-order valence-corrected chi connectivity index (χ3v) is 5.31. The summed E-state index contributed by atoms with van der Waals surface area (Å²) in [6, 6.07) is 5.67. The summed E-state index contributed by atoms with van der Waals surface area (Å²) >= 11 is 0. The molecule has 24 heavy (non-hydrogen) atoms. The summed E-state index contributed by atoms with van der Waals surface area (Å²) in [7, 11) is 0. The maximum absolute atomic E-state index is 13.0. The van der Waals surface area contributed by atoms with Crippen LogP contribution in [0.5, 0.6) is 0 Å². The molecule has 1 aliphatic heterocycles. The van der Waals surface area contributed by atoms with Crippen LogP contribution in [0.3, 0.4) is 0 Å². The summed E-state index contributed by atoms with van der Waals surface area (Å²) in [5.74, 6) is -0.0926. The Morgan fingerprint density at radius 1 is 1.33 bits per heavy atom. The van der Waals surface area contributed by atoms with E-state index in [9.17, 15) is 18.0 Å². The Balaban J connectivity index is 1.78. The van der Waals surface area contributed by atoms with Gasteiger partial charge in [-0.05, 0) is 63.3 Å². The SMILES string of the molecule is C[C@H]1C[C@@H](C(=O)NC2(c3cccc(C(F)(F)F)c3)CCC2)CCN1. The molecule has 2 atom stereocenters. The van der Waals surface area contributed by atoms with Gasteiger partial charge in [-0.3, -0.25) is 4.79 Å². The van der Waals surface area contributed by atoms with E-state index in [0.717, 1.165) is 31.9 Å². The average Bonchev–Trinajstić information content (AvgIpc) is 2.50. The van der Waals surface area contributed by atoms with Crippen LogP contribution < -0.4 is 10.6 Å². The van der Waals surface area contributed by atoms with E-state index in [1.807, 2.05) is 6.92 Å². The Labute approximate surface area is 140 Å². The lowest BCUT2D eigenvalue weighted by atomic mass is 9.71. The Kier molecular flexibility index (Phi) is 4.60. The molecule has 1 aromatic carbocycles. The average molecular weight is 340 g/mol. The molecule has 1 amide bonds. The van der Waals surface area contributed by atoms with Gasteiger partial charge in [0.25, 0.3) is 0 Å². The molecule has 1 saturated carbocycles. The van der Waals surface area contributed by atoms with E-state index >= 15 is 0 Å². The van der Waals surface area contributed by atoms with Crippen molar-refractivity contribution < 1.29 is 18.0 Å². The number of rotatable bonds is 3.